The Bertz CT molecular complexity index is 709. The van der Waals surface area contributed by atoms with Gasteiger partial charge in [-0.25, -0.2) is 4.79 Å². The van der Waals surface area contributed by atoms with Crippen molar-refractivity contribution < 1.29 is 29.4 Å². The average Bonchev–Trinajstić information content (AvgIpc) is 2.69. The first-order chi connectivity index (χ1) is 13.6. The lowest BCUT2D eigenvalue weighted by atomic mass is 9.96. The molecule has 2 amide bonds. The van der Waals surface area contributed by atoms with Crippen LogP contribution in [0.3, 0.4) is 0 Å². The van der Waals surface area contributed by atoms with Gasteiger partial charge >= 0.3 is 11.9 Å². The molecular formula is C20H29N3O6. The van der Waals surface area contributed by atoms with Crippen LogP contribution in [-0.2, 0) is 25.6 Å². The molecule has 0 aliphatic carbocycles. The number of rotatable bonds is 12. The number of carboxylic acid groups (broad SMARTS) is 2. The van der Waals surface area contributed by atoms with Crippen molar-refractivity contribution in [3.05, 3.63) is 35.9 Å². The molecule has 29 heavy (non-hydrogen) atoms. The van der Waals surface area contributed by atoms with E-state index in [1.54, 1.807) is 37.3 Å². The highest BCUT2D eigenvalue weighted by Crippen LogP contribution is 2.11. The Morgan fingerprint density at radius 1 is 1.03 bits per heavy atom. The van der Waals surface area contributed by atoms with Gasteiger partial charge in [0.25, 0.3) is 0 Å². The van der Waals surface area contributed by atoms with Crippen molar-refractivity contribution in [1.29, 1.82) is 0 Å². The van der Waals surface area contributed by atoms with E-state index < -0.39 is 41.9 Å². The standard InChI is InChI=1S/C20H29N3O6/c1-3-12(2)17(23-18(26)14(21)9-10-16(24)25)19(27)22-15(20(28)29)11-13-7-5-4-6-8-13/h4-8,12,14-15,17H,3,9-11,21H2,1-2H3,(H,22,27)(H,23,26)(H,24,25)(H,28,29)/t12-,14-,15+,17-/m0/s1. The Kier molecular flexibility index (Phi) is 9.81. The molecule has 1 aromatic rings. The van der Waals surface area contributed by atoms with Gasteiger partial charge in [0.1, 0.15) is 12.1 Å². The van der Waals surface area contributed by atoms with E-state index in [0.717, 1.165) is 5.56 Å². The molecule has 0 fully saturated rings. The summed E-state index contributed by atoms with van der Waals surface area (Å²) in [5.74, 6) is -3.82. The highest BCUT2D eigenvalue weighted by atomic mass is 16.4. The lowest BCUT2D eigenvalue weighted by molar-refractivity contribution is -0.142. The zero-order chi connectivity index (χ0) is 22.0. The monoisotopic (exact) mass is 407 g/mol. The van der Waals surface area contributed by atoms with Gasteiger partial charge in [-0.1, -0.05) is 50.6 Å². The van der Waals surface area contributed by atoms with Crippen LogP contribution in [0.15, 0.2) is 30.3 Å². The van der Waals surface area contributed by atoms with Gasteiger partial charge < -0.3 is 26.6 Å². The third-order valence-corrected chi connectivity index (χ3v) is 4.70. The minimum absolute atomic E-state index is 0.0677. The van der Waals surface area contributed by atoms with Gasteiger partial charge in [-0.05, 0) is 17.9 Å². The van der Waals surface area contributed by atoms with Crippen molar-refractivity contribution in [1.82, 2.24) is 10.6 Å². The fraction of sp³-hybridized carbons (Fsp3) is 0.500. The Balaban J connectivity index is 2.84. The summed E-state index contributed by atoms with van der Waals surface area (Å²) in [6, 6.07) is 5.66. The van der Waals surface area contributed by atoms with E-state index in [9.17, 15) is 24.3 Å². The molecule has 9 heteroatoms. The zero-order valence-corrected chi connectivity index (χ0v) is 16.6. The normalized spacial score (nSPS) is 14.9. The van der Waals surface area contributed by atoms with Gasteiger partial charge in [-0.3, -0.25) is 14.4 Å². The van der Waals surface area contributed by atoms with Crippen LogP contribution < -0.4 is 16.4 Å². The molecule has 0 aromatic heterocycles. The lowest BCUT2D eigenvalue weighted by Crippen LogP contribution is -2.57. The maximum atomic E-state index is 12.7. The second kappa shape index (κ2) is 11.8. The third-order valence-electron chi connectivity index (χ3n) is 4.70. The number of carbonyl (C=O) groups is 4. The molecule has 1 aromatic carbocycles. The minimum Gasteiger partial charge on any atom is -0.481 e. The smallest absolute Gasteiger partial charge is 0.326 e. The molecule has 160 valence electrons. The Labute approximate surface area is 169 Å². The molecule has 9 nitrogen and oxygen atoms in total. The van der Waals surface area contributed by atoms with Crippen LogP contribution in [-0.4, -0.2) is 52.1 Å². The molecule has 0 saturated heterocycles. The van der Waals surface area contributed by atoms with Crippen molar-refractivity contribution in [3.8, 4) is 0 Å². The number of hydrogen-bond donors (Lipinski definition) is 5. The second-order valence-electron chi connectivity index (χ2n) is 7.00. The molecule has 0 unspecified atom stereocenters. The first-order valence-electron chi connectivity index (χ1n) is 9.50. The Morgan fingerprint density at radius 2 is 1.66 bits per heavy atom. The van der Waals surface area contributed by atoms with Gasteiger partial charge in [-0.2, -0.15) is 0 Å². The zero-order valence-electron chi connectivity index (χ0n) is 16.6. The average molecular weight is 407 g/mol. The van der Waals surface area contributed by atoms with Crippen LogP contribution in [0.1, 0.15) is 38.7 Å². The molecule has 0 saturated carbocycles. The molecule has 6 N–H and O–H groups in total. The van der Waals surface area contributed by atoms with Crippen LogP contribution in [0.4, 0.5) is 0 Å². The van der Waals surface area contributed by atoms with Crippen molar-refractivity contribution in [2.75, 3.05) is 0 Å². The summed E-state index contributed by atoms with van der Waals surface area (Å²) in [4.78, 5) is 47.3. The Morgan fingerprint density at radius 3 is 2.17 bits per heavy atom. The number of aliphatic carboxylic acids is 2. The van der Waals surface area contributed by atoms with Gasteiger partial charge in [0, 0.05) is 12.8 Å². The SMILES string of the molecule is CC[C@H](C)[C@H](NC(=O)[C@@H](N)CCC(=O)O)C(=O)N[C@H](Cc1ccccc1)C(=O)O. The lowest BCUT2D eigenvalue weighted by Gasteiger charge is -2.26. The highest BCUT2D eigenvalue weighted by Gasteiger charge is 2.31. The molecule has 0 aliphatic rings. The van der Waals surface area contributed by atoms with Crippen molar-refractivity contribution >= 4 is 23.8 Å². The van der Waals surface area contributed by atoms with E-state index >= 15 is 0 Å². The first kappa shape index (κ1) is 24.1. The van der Waals surface area contributed by atoms with Crippen molar-refractivity contribution in [2.45, 2.75) is 57.7 Å². The van der Waals surface area contributed by atoms with E-state index in [2.05, 4.69) is 10.6 Å². The Hall–Kier alpha value is -2.94. The number of carboxylic acids is 2. The van der Waals surface area contributed by atoms with E-state index in [1.165, 1.54) is 0 Å². The van der Waals surface area contributed by atoms with E-state index in [0.29, 0.717) is 6.42 Å². The molecule has 4 atom stereocenters. The van der Waals surface area contributed by atoms with Gasteiger partial charge in [-0.15, -0.1) is 0 Å². The summed E-state index contributed by atoms with van der Waals surface area (Å²) in [6.45, 7) is 3.58. The van der Waals surface area contributed by atoms with Crippen LogP contribution in [0.5, 0.6) is 0 Å². The molecular weight excluding hydrogens is 378 g/mol. The molecule has 0 radical (unpaired) electrons. The number of hydrogen-bond acceptors (Lipinski definition) is 5. The molecule has 0 heterocycles. The summed E-state index contributed by atoms with van der Waals surface area (Å²) < 4.78 is 0. The quantitative estimate of drug-likeness (QED) is 0.338. The number of amides is 2. The number of carbonyl (C=O) groups excluding carboxylic acids is 2. The molecule has 0 bridgehead atoms. The maximum Gasteiger partial charge on any atom is 0.326 e. The second-order valence-corrected chi connectivity index (χ2v) is 7.00. The van der Waals surface area contributed by atoms with Crippen LogP contribution >= 0.6 is 0 Å². The molecule has 0 aliphatic heterocycles. The fourth-order valence-corrected chi connectivity index (χ4v) is 2.68. The van der Waals surface area contributed by atoms with E-state index in [-0.39, 0.29) is 25.2 Å². The largest absolute Gasteiger partial charge is 0.481 e. The topological polar surface area (TPSA) is 159 Å². The fourth-order valence-electron chi connectivity index (χ4n) is 2.68. The number of benzene rings is 1. The summed E-state index contributed by atoms with van der Waals surface area (Å²) in [6.07, 6.45) is 0.315. The van der Waals surface area contributed by atoms with Crippen molar-refractivity contribution in [2.24, 2.45) is 11.7 Å². The van der Waals surface area contributed by atoms with Gasteiger partial charge in [0.15, 0.2) is 0 Å². The third kappa shape index (κ3) is 8.30. The van der Waals surface area contributed by atoms with Gasteiger partial charge in [0.2, 0.25) is 11.8 Å². The highest BCUT2D eigenvalue weighted by molar-refractivity contribution is 5.92. The van der Waals surface area contributed by atoms with E-state index in [4.69, 9.17) is 10.8 Å². The summed E-state index contributed by atoms with van der Waals surface area (Å²) in [5.41, 5.74) is 6.46. The molecule has 1 rings (SSSR count). The predicted octanol–water partition coefficient (Wildman–Crippen LogP) is 0.522. The predicted molar refractivity (Wildman–Crippen MR) is 106 cm³/mol. The van der Waals surface area contributed by atoms with Crippen molar-refractivity contribution in [3.63, 3.8) is 0 Å². The summed E-state index contributed by atoms with van der Waals surface area (Å²) in [5, 5.41) is 23.2. The molecule has 0 spiro atoms. The van der Waals surface area contributed by atoms with Crippen LogP contribution in [0.25, 0.3) is 0 Å². The van der Waals surface area contributed by atoms with Crippen LogP contribution in [0, 0.1) is 5.92 Å². The number of nitrogens with one attached hydrogen (secondary N) is 2. The first-order valence-corrected chi connectivity index (χ1v) is 9.50. The van der Waals surface area contributed by atoms with E-state index in [1.807, 2.05) is 6.92 Å². The van der Waals surface area contributed by atoms with Crippen LogP contribution in [0.2, 0.25) is 0 Å². The minimum atomic E-state index is -1.19. The summed E-state index contributed by atoms with van der Waals surface area (Å²) >= 11 is 0. The van der Waals surface area contributed by atoms with Gasteiger partial charge in [0.05, 0.1) is 6.04 Å². The summed E-state index contributed by atoms with van der Waals surface area (Å²) in [7, 11) is 0. The maximum absolute atomic E-state index is 12.7. The number of nitrogens with two attached hydrogens (primary N) is 1.